The molecule has 0 fully saturated rings. The number of ether oxygens (including phenoxy) is 1. The van der Waals surface area contributed by atoms with E-state index in [0.29, 0.717) is 11.4 Å². The Morgan fingerprint density at radius 2 is 1.40 bits per heavy atom. The molecule has 0 spiro atoms. The minimum atomic E-state index is -4.17. The highest BCUT2D eigenvalue weighted by Crippen LogP contribution is 2.26. The van der Waals surface area contributed by atoms with Gasteiger partial charge in [-0.15, -0.1) is 0 Å². The van der Waals surface area contributed by atoms with Gasteiger partial charge in [-0.1, -0.05) is 78.4 Å². The molecule has 1 N–H and O–H groups in total. The van der Waals surface area contributed by atoms with Gasteiger partial charge >= 0.3 is 0 Å². The molecule has 0 unspecified atom stereocenters. The van der Waals surface area contributed by atoms with Crippen molar-refractivity contribution >= 4 is 27.5 Å². The summed E-state index contributed by atoms with van der Waals surface area (Å²) in [6.45, 7) is 1.58. The van der Waals surface area contributed by atoms with Gasteiger partial charge in [0.2, 0.25) is 11.8 Å². The monoisotopic (exact) mass is 585 g/mol. The maximum absolute atomic E-state index is 14.2. The number of nitrogens with zero attached hydrogens (tertiary/aromatic N) is 2. The Morgan fingerprint density at radius 3 is 1.98 bits per heavy atom. The summed E-state index contributed by atoms with van der Waals surface area (Å²) in [5, 5.41) is 2.69. The lowest BCUT2D eigenvalue weighted by Crippen LogP contribution is -2.53. The van der Waals surface area contributed by atoms with Gasteiger partial charge in [-0.2, -0.15) is 0 Å². The van der Waals surface area contributed by atoms with Crippen LogP contribution in [-0.4, -0.2) is 51.9 Å². The van der Waals surface area contributed by atoms with Gasteiger partial charge in [0.25, 0.3) is 10.0 Å². The molecule has 2 amide bonds. The van der Waals surface area contributed by atoms with E-state index in [9.17, 15) is 18.0 Å². The van der Waals surface area contributed by atoms with Crippen LogP contribution >= 0.6 is 0 Å². The normalized spacial score (nSPS) is 11.8. The molecular formula is C33H35N3O5S. The Bertz CT molecular complexity index is 1580. The van der Waals surface area contributed by atoms with E-state index in [4.69, 9.17) is 4.74 Å². The van der Waals surface area contributed by atoms with Crippen LogP contribution < -0.4 is 14.4 Å². The second-order valence-corrected chi connectivity index (χ2v) is 11.7. The topological polar surface area (TPSA) is 96.0 Å². The largest absolute Gasteiger partial charge is 0.497 e. The molecule has 0 aliphatic rings. The number of aryl methyl sites for hydroxylation is 1. The van der Waals surface area contributed by atoms with Crippen LogP contribution in [0.15, 0.2) is 114 Å². The van der Waals surface area contributed by atoms with Crippen molar-refractivity contribution in [2.75, 3.05) is 25.0 Å². The average Bonchev–Trinajstić information content (AvgIpc) is 3.02. The fourth-order valence-electron chi connectivity index (χ4n) is 4.61. The fraction of sp³-hybridized carbons (Fsp3) is 0.212. The molecule has 4 aromatic carbocycles. The number of methoxy groups -OCH3 is 1. The molecule has 218 valence electrons. The lowest BCUT2D eigenvalue weighted by atomic mass is 10.0. The summed E-state index contributed by atoms with van der Waals surface area (Å²) in [6.07, 6.45) is 0.259. The molecule has 0 heterocycles. The third-order valence-electron chi connectivity index (χ3n) is 6.96. The molecule has 4 rings (SSSR count). The van der Waals surface area contributed by atoms with Crippen molar-refractivity contribution in [2.24, 2.45) is 0 Å². The molecule has 8 nitrogen and oxygen atoms in total. The van der Waals surface area contributed by atoms with E-state index in [1.165, 1.54) is 31.2 Å². The highest BCUT2D eigenvalue weighted by molar-refractivity contribution is 7.92. The van der Waals surface area contributed by atoms with Gasteiger partial charge in [0.15, 0.2) is 0 Å². The number of carbonyl (C=O) groups is 2. The predicted molar refractivity (Wildman–Crippen MR) is 164 cm³/mol. The first-order valence-corrected chi connectivity index (χ1v) is 15.0. The highest BCUT2D eigenvalue weighted by Gasteiger charge is 2.34. The summed E-state index contributed by atoms with van der Waals surface area (Å²) >= 11 is 0. The first kappa shape index (κ1) is 30.3. The summed E-state index contributed by atoms with van der Waals surface area (Å²) < 4.78 is 34.2. The number of carbonyl (C=O) groups excluding carboxylic acids is 2. The Hall–Kier alpha value is -4.63. The zero-order valence-electron chi connectivity index (χ0n) is 23.9. The van der Waals surface area contributed by atoms with Crippen molar-refractivity contribution in [2.45, 2.75) is 30.8 Å². The number of anilines is 1. The molecule has 0 bridgehead atoms. The number of sulfonamides is 1. The van der Waals surface area contributed by atoms with E-state index in [1.54, 1.807) is 42.5 Å². The van der Waals surface area contributed by atoms with Gasteiger partial charge in [-0.05, 0) is 54.4 Å². The number of likely N-dealkylation sites (N-methyl/N-ethyl adjacent to an activating group) is 1. The van der Waals surface area contributed by atoms with E-state index in [1.807, 2.05) is 61.5 Å². The van der Waals surface area contributed by atoms with Crippen LogP contribution in [0.1, 0.15) is 16.7 Å². The van der Waals surface area contributed by atoms with Crippen molar-refractivity contribution in [1.29, 1.82) is 0 Å². The van der Waals surface area contributed by atoms with Gasteiger partial charge in [-0.3, -0.25) is 13.9 Å². The van der Waals surface area contributed by atoms with Crippen LogP contribution in [0.3, 0.4) is 0 Å². The van der Waals surface area contributed by atoms with Gasteiger partial charge in [0, 0.05) is 20.0 Å². The number of para-hydroxylation sites is 1. The SMILES string of the molecule is CNC(=O)[C@H](Cc1ccccc1)N(Cc1ccc(C)cc1)C(=O)CN(c1ccccc1)S(=O)(=O)c1ccc(OC)cc1. The maximum atomic E-state index is 14.2. The van der Waals surface area contributed by atoms with Crippen LogP contribution in [0.5, 0.6) is 5.75 Å². The van der Waals surface area contributed by atoms with Gasteiger partial charge < -0.3 is 15.0 Å². The maximum Gasteiger partial charge on any atom is 0.264 e. The summed E-state index contributed by atoms with van der Waals surface area (Å²) in [7, 11) is -1.14. The molecule has 0 saturated heterocycles. The summed E-state index contributed by atoms with van der Waals surface area (Å²) in [5.74, 6) is -0.348. The number of hydrogen-bond donors (Lipinski definition) is 1. The zero-order valence-corrected chi connectivity index (χ0v) is 24.8. The third kappa shape index (κ3) is 7.36. The molecule has 1 atom stereocenters. The Balaban J connectivity index is 1.76. The molecule has 0 radical (unpaired) electrons. The van der Waals surface area contributed by atoms with Crippen LogP contribution in [0.4, 0.5) is 5.69 Å². The zero-order chi connectivity index (χ0) is 30.1. The molecule has 42 heavy (non-hydrogen) atoms. The Morgan fingerprint density at radius 1 is 0.810 bits per heavy atom. The minimum absolute atomic E-state index is 0.0113. The van der Waals surface area contributed by atoms with E-state index < -0.39 is 28.5 Å². The van der Waals surface area contributed by atoms with Crippen molar-refractivity contribution in [3.8, 4) is 5.75 Å². The van der Waals surface area contributed by atoms with Crippen molar-refractivity contribution < 1.29 is 22.7 Å². The molecule has 0 aliphatic heterocycles. The quantitative estimate of drug-likeness (QED) is 0.263. The van der Waals surface area contributed by atoms with Crippen molar-refractivity contribution in [3.63, 3.8) is 0 Å². The first-order valence-electron chi connectivity index (χ1n) is 13.6. The molecule has 0 aromatic heterocycles. The van der Waals surface area contributed by atoms with Crippen molar-refractivity contribution in [3.05, 3.63) is 126 Å². The smallest absolute Gasteiger partial charge is 0.264 e. The van der Waals surface area contributed by atoms with E-state index in [-0.39, 0.29) is 23.8 Å². The number of benzene rings is 4. The first-order chi connectivity index (χ1) is 20.2. The summed E-state index contributed by atoms with van der Waals surface area (Å²) in [4.78, 5) is 29.0. The van der Waals surface area contributed by atoms with Crippen LogP contribution in [0.25, 0.3) is 0 Å². The second-order valence-electron chi connectivity index (χ2n) is 9.85. The van der Waals surface area contributed by atoms with Crippen LogP contribution in [0, 0.1) is 6.92 Å². The lowest BCUT2D eigenvalue weighted by molar-refractivity contribution is -0.139. The van der Waals surface area contributed by atoms with E-state index in [2.05, 4.69) is 5.32 Å². The van der Waals surface area contributed by atoms with Gasteiger partial charge in [-0.25, -0.2) is 8.42 Å². The van der Waals surface area contributed by atoms with Crippen LogP contribution in [0.2, 0.25) is 0 Å². The van der Waals surface area contributed by atoms with E-state index >= 15 is 0 Å². The summed E-state index contributed by atoms with van der Waals surface area (Å²) in [5.41, 5.74) is 3.08. The van der Waals surface area contributed by atoms with Crippen molar-refractivity contribution in [1.82, 2.24) is 10.2 Å². The van der Waals surface area contributed by atoms with Crippen LogP contribution in [-0.2, 0) is 32.6 Å². The second kappa shape index (κ2) is 13.8. The minimum Gasteiger partial charge on any atom is -0.497 e. The third-order valence-corrected chi connectivity index (χ3v) is 8.75. The predicted octanol–water partition coefficient (Wildman–Crippen LogP) is 4.59. The fourth-order valence-corrected chi connectivity index (χ4v) is 6.02. The molecule has 0 aliphatic carbocycles. The lowest BCUT2D eigenvalue weighted by Gasteiger charge is -2.33. The van der Waals surface area contributed by atoms with Gasteiger partial charge in [0.05, 0.1) is 17.7 Å². The number of hydrogen-bond acceptors (Lipinski definition) is 5. The number of nitrogens with one attached hydrogen (secondary N) is 1. The Labute approximate surface area is 247 Å². The standard InChI is InChI=1S/C33H35N3O5S/c1-25-14-16-27(17-15-25)23-35(31(33(38)34-2)22-26-10-6-4-7-11-26)32(37)24-36(28-12-8-5-9-13-28)42(39,40)30-20-18-29(41-3)19-21-30/h4-21,31H,22-24H2,1-3H3,(H,34,38)/t31-/m0/s1. The molecular weight excluding hydrogens is 550 g/mol. The summed E-state index contributed by atoms with van der Waals surface area (Å²) in [6, 6.07) is 30.7. The molecule has 9 heteroatoms. The van der Waals surface area contributed by atoms with E-state index in [0.717, 1.165) is 21.0 Å². The Kier molecular flexibility index (Phi) is 9.98. The average molecular weight is 586 g/mol. The number of rotatable bonds is 12. The molecule has 4 aromatic rings. The highest BCUT2D eigenvalue weighted by atomic mass is 32.2. The molecule has 0 saturated carbocycles. The number of amides is 2. The van der Waals surface area contributed by atoms with Gasteiger partial charge in [0.1, 0.15) is 18.3 Å².